The summed E-state index contributed by atoms with van der Waals surface area (Å²) in [6.07, 6.45) is 3.33. The molecule has 1 aromatic rings. The Hall–Kier alpha value is -1.14. The standard InChI is InChI=1S/C9H9NOS/c10-6-8-5-9(12-7-8)3-1-2-4-11/h4-5,7H,1-3H2. The number of thiophene rings is 1. The monoisotopic (exact) mass is 179 g/mol. The first-order chi connectivity index (χ1) is 5.86. The first-order valence-electron chi connectivity index (χ1n) is 3.78. The number of aldehydes is 1. The molecule has 1 heterocycles. The molecule has 0 amide bonds. The molecular weight excluding hydrogens is 170 g/mol. The number of carbonyl (C=O) groups excluding carboxylic acids is 1. The molecule has 0 aliphatic rings. The minimum atomic E-state index is 0.611. The molecule has 0 saturated carbocycles. The zero-order chi connectivity index (χ0) is 8.81. The quantitative estimate of drug-likeness (QED) is 0.525. The molecule has 1 rings (SSSR count). The van der Waals surface area contributed by atoms with Gasteiger partial charge in [-0.2, -0.15) is 5.26 Å². The predicted octanol–water partition coefficient (Wildman–Crippen LogP) is 2.14. The van der Waals surface area contributed by atoms with Gasteiger partial charge in [-0.15, -0.1) is 11.3 Å². The molecule has 0 bridgehead atoms. The molecule has 12 heavy (non-hydrogen) atoms. The van der Waals surface area contributed by atoms with Crippen LogP contribution in [-0.4, -0.2) is 6.29 Å². The molecular formula is C9H9NOS. The number of unbranched alkanes of at least 4 members (excludes halogenated alkanes) is 1. The van der Waals surface area contributed by atoms with E-state index in [9.17, 15) is 4.79 Å². The Balaban J connectivity index is 2.43. The third kappa shape index (κ3) is 2.48. The fourth-order valence-electron chi connectivity index (χ4n) is 0.930. The Bertz CT molecular complexity index is 298. The molecule has 3 heteroatoms. The van der Waals surface area contributed by atoms with E-state index in [4.69, 9.17) is 5.26 Å². The molecule has 0 radical (unpaired) electrons. The van der Waals surface area contributed by atoms with Gasteiger partial charge in [0, 0.05) is 16.7 Å². The van der Waals surface area contributed by atoms with Gasteiger partial charge in [-0.3, -0.25) is 0 Å². The normalized spacial score (nSPS) is 9.25. The molecule has 0 spiro atoms. The van der Waals surface area contributed by atoms with E-state index in [2.05, 4.69) is 6.07 Å². The fraction of sp³-hybridized carbons (Fsp3) is 0.333. The maximum Gasteiger partial charge on any atom is 0.120 e. The fourth-order valence-corrected chi connectivity index (χ4v) is 1.79. The number of rotatable bonds is 4. The molecule has 0 aromatic carbocycles. The lowest BCUT2D eigenvalue weighted by Gasteiger charge is -1.90. The van der Waals surface area contributed by atoms with Crippen molar-refractivity contribution in [3.63, 3.8) is 0 Å². The summed E-state index contributed by atoms with van der Waals surface area (Å²) in [6, 6.07) is 3.96. The zero-order valence-electron chi connectivity index (χ0n) is 6.62. The maximum absolute atomic E-state index is 10.0. The summed E-state index contributed by atoms with van der Waals surface area (Å²) in [5.41, 5.74) is 0.723. The summed E-state index contributed by atoms with van der Waals surface area (Å²) in [4.78, 5) is 11.2. The number of nitrogens with zero attached hydrogens (tertiary/aromatic N) is 1. The number of hydrogen-bond acceptors (Lipinski definition) is 3. The van der Waals surface area contributed by atoms with E-state index in [0.29, 0.717) is 6.42 Å². The zero-order valence-corrected chi connectivity index (χ0v) is 7.43. The highest BCUT2D eigenvalue weighted by Crippen LogP contribution is 2.15. The Morgan fingerprint density at radius 2 is 2.50 bits per heavy atom. The highest BCUT2D eigenvalue weighted by molar-refractivity contribution is 7.10. The van der Waals surface area contributed by atoms with E-state index in [0.717, 1.165) is 24.7 Å². The van der Waals surface area contributed by atoms with Crippen LogP contribution in [-0.2, 0) is 11.2 Å². The molecule has 62 valence electrons. The van der Waals surface area contributed by atoms with E-state index >= 15 is 0 Å². The maximum atomic E-state index is 10.0. The molecule has 2 nitrogen and oxygen atoms in total. The largest absolute Gasteiger partial charge is 0.303 e. The minimum Gasteiger partial charge on any atom is -0.303 e. The van der Waals surface area contributed by atoms with Crippen LogP contribution in [0.4, 0.5) is 0 Å². The number of carbonyl (C=O) groups is 1. The summed E-state index contributed by atoms with van der Waals surface area (Å²) in [5.74, 6) is 0. The summed E-state index contributed by atoms with van der Waals surface area (Å²) in [6.45, 7) is 0. The van der Waals surface area contributed by atoms with E-state index in [-0.39, 0.29) is 0 Å². The second kappa shape index (κ2) is 4.68. The Kier molecular flexibility index (Phi) is 3.49. The Morgan fingerprint density at radius 3 is 3.08 bits per heavy atom. The third-order valence-corrected chi connectivity index (χ3v) is 2.52. The smallest absolute Gasteiger partial charge is 0.120 e. The number of hydrogen-bond donors (Lipinski definition) is 0. The molecule has 0 aliphatic carbocycles. The SMILES string of the molecule is N#Cc1csc(CCCC=O)c1. The van der Waals surface area contributed by atoms with Gasteiger partial charge in [-0.25, -0.2) is 0 Å². The van der Waals surface area contributed by atoms with Gasteiger partial charge < -0.3 is 4.79 Å². The lowest BCUT2D eigenvalue weighted by atomic mass is 10.2. The van der Waals surface area contributed by atoms with Crippen molar-refractivity contribution in [3.05, 3.63) is 21.9 Å². The summed E-state index contributed by atoms with van der Waals surface area (Å²) in [5, 5.41) is 10.4. The summed E-state index contributed by atoms with van der Waals surface area (Å²) in [7, 11) is 0. The lowest BCUT2D eigenvalue weighted by molar-refractivity contribution is -0.107. The van der Waals surface area contributed by atoms with E-state index in [1.807, 2.05) is 11.4 Å². The molecule has 0 fully saturated rings. The van der Waals surface area contributed by atoms with Gasteiger partial charge in [-0.05, 0) is 18.9 Å². The van der Waals surface area contributed by atoms with Crippen molar-refractivity contribution < 1.29 is 4.79 Å². The molecule has 1 aromatic heterocycles. The van der Waals surface area contributed by atoms with Crippen LogP contribution in [0.25, 0.3) is 0 Å². The number of aryl methyl sites for hydroxylation is 1. The minimum absolute atomic E-state index is 0.611. The topological polar surface area (TPSA) is 40.9 Å². The van der Waals surface area contributed by atoms with Gasteiger partial charge in [0.25, 0.3) is 0 Å². The van der Waals surface area contributed by atoms with Crippen LogP contribution in [0.3, 0.4) is 0 Å². The molecule has 0 saturated heterocycles. The van der Waals surface area contributed by atoms with Gasteiger partial charge in [0.2, 0.25) is 0 Å². The van der Waals surface area contributed by atoms with Gasteiger partial charge in [-0.1, -0.05) is 0 Å². The van der Waals surface area contributed by atoms with Gasteiger partial charge in [0.15, 0.2) is 0 Å². The second-order valence-corrected chi connectivity index (χ2v) is 3.47. The third-order valence-electron chi connectivity index (χ3n) is 1.53. The lowest BCUT2D eigenvalue weighted by Crippen LogP contribution is -1.81. The molecule has 0 aliphatic heterocycles. The summed E-state index contributed by atoms with van der Waals surface area (Å²) >= 11 is 1.59. The van der Waals surface area contributed by atoms with Crippen molar-refractivity contribution >= 4 is 17.6 Å². The van der Waals surface area contributed by atoms with E-state index in [1.165, 1.54) is 4.88 Å². The van der Waals surface area contributed by atoms with Gasteiger partial charge in [0.1, 0.15) is 6.29 Å². The molecule has 0 atom stereocenters. The Labute approximate surface area is 75.5 Å². The van der Waals surface area contributed by atoms with Crippen molar-refractivity contribution in [2.75, 3.05) is 0 Å². The van der Waals surface area contributed by atoms with Crippen LogP contribution < -0.4 is 0 Å². The first kappa shape index (κ1) is 8.95. The number of nitriles is 1. The van der Waals surface area contributed by atoms with Crippen molar-refractivity contribution in [1.82, 2.24) is 0 Å². The van der Waals surface area contributed by atoms with Crippen molar-refractivity contribution in [2.24, 2.45) is 0 Å². The van der Waals surface area contributed by atoms with Crippen molar-refractivity contribution in [3.8, 4) is 6.07 Å². The second-order valence-electron chi connectivity index (χ2n) is 2.47. The highest BCUT2D eigenvalue weighted by Gasteiger charge is 1.97. The first-order valence-corrected chi connectivity index (χ1v) is 4.66. The van der Waals surface area contributed by atoms with Gasteiger partial charge >= 0.3 is 0 Å². The Morgan fingerprint density at radius 1 is 1.67 bits per heavy atom. The predicted molar refractivity (Wildman–Crippen MR) is 48.0 cm³/mol. The van der Waals surface area contributed by atoms with Crippen LogP contribution in [0.5, 0.6) is 0 Å². The van der Waals surface area contributed by atoms with Crippen molar-refractivity contribution in [2.45, 2.75) is 19.3 Å². The molecule has 0 unspecified atom stereocenters. The van der Waals surface area contributed by atoms with E-state index in [1.54, 1.807) is 11.3 Å². The summed E-state index contributed by atoms with van der Waals surface area (Å²) < 4.78 is 0. The van der Waals surface area contributed by atoms with Crippen LogP contribution in [0, 0.1) is 11.3 Å². The molecule has 0 N–H and O–H groups in total. The average molecular weight is 179 g/mol. The van der Waals surface area contributed by atoms with Crippen LogP contribution in [0.15, 0.2) is 11.4 Å². The van der Waals surface area contributed by atoms with Crippen molar-refractivity contribution in [1.29, 1.82) is 5.26 Å². The van der Waals surface area contributed by atoms with Crippen LogP contribution in [0.2, 0.25) is 0 Å². The van der Waals surface area contributed by atoms with E-state index < -0.39 is 0 Å². The van der Waals surface area contributed by atoms with Crippen LogP contribution >= 0.6 is 11.3 Å². The average Bonchev–Trinajstić information content (AvgIpc) is 2.53. The van der Waals surface area contributed by atoms with Crippen LogP contribution in [0.1, 0.15) is 23.3 Å². The van der Waals surface area contributed by atoms with Gasteiger partial charge in [0.05, 0.1) is 11.6 Å². The highest BCUT2D eigenvalue weighted by atomic mass is 32.1.